The molecule has 1 amide bonds. The summed E-state index contributed by atoms with van der Waals surface area (Å²) in [5.41, 5.74) is 0. The fraction of sp³-hybridized carbons (Fsp3) is 0.872. The highest BCUT2D eigenvalue weighted by Crippen LogP contribution is 2.15. The van der Waals surface area contributed by atoms with Crippen molar-refractivity contribution in [1.29, 1.82) is 0 Å². The van der Waals surface area contributed by atoms with E-state index in [0.29, 0.717) is 25.9 Å². The molecule has 0 aromatic rings. The number of carbonyl (C=O) groups is 2. The number of aliphatic hydroxyl groups is 2. The van der Waals surface area contributed by atoms with Crippen molar-refractivity contribution in [1.82, 2.24) is 5.32 Å². The standard InChI is InChI=1S/C47H89NO5/c1-3-5-7-9-11-13-15-20-23-27-31-35-39-45(50)44(43-49)48-46(51)40-36-32-28-24-21-17-16-18-22-26-30-34-38-42-53-47(52)41-37-33-29-25-19-14-12-10-8-6-4-2/h10,12,17,21,44-45,49-50H,3-9,11,13-16,18-20,22-43H2,1-2H3,(H,48,51)/b12-10-,21-17-. The van der Waals surface area contributed by atoms with Crippen molar-refractivity contribution in [2.45, 2.75) is 251 Å². The van der Waals surface area contributed by atoms with Crippen molar-refractivity contribution in [2.24, 2.45) is 0 Å². The average molecular weight is 748 g/mol. The maximum atomic E-state index is 12.4. The van der Waals surface area contributed by atoms with Crippen LogP contribution in [0.2, 0.25) is 0 Å². The number of rotatable bonds is 42. The molecule has 312 valence electrons. The van der Waals surface area contributed by atoms with E-state index in [1.165, 1.54) is 135 Å². The van der Waals surface area contributed by atoms with E-state index in [0.717, 1.165) is 70.6 Å². The van der Waals surface area contributed by atoms with Gasteiger partial charge in [0.1, 0.15) is 0 Å². The van der Waals surface area contributed by atoms with Gasteiger partial charge in [-0.15, -0.1) is 0 Å². The summed E-state index contributed by atoms with van der Waals surface area (Å²) in [4.78, 5) is 24.3. The average Bonchev–Trinajstić information content (AvgIpc) is 3.16. The van der Waals surface area contributed by atoms with Crippen molar-refractivity contribution < 1.29 is 24.5 Å². The molecule has 53 heavy (non-hydrogen) atoms. The molecule has 0 aromatic heterocycles. The molecule has 0 aliphatic heterocycles. The van der Waals surface area contributed by atoms with Crippen LogP contribution in [0.4, 0.5) is 0 Å². The minimum Gasteiger partial charge on any atom is -0.466 e. The van der Waals surface area contributed by atoms with Gasteiger partial charge in [0.15, 0.2) is 0 Å². The van der Waals surface area contributed by atoms with Gasteiger partial charge in [-0.3, -0.25) is 9.59 Å². The van der Waals surface area contributed by atoms with Crippen molar-refractivity contribution in [3.8, 4) is 0 Å². The minimum absolute atomic E-state index is 0.0244. The molecule has 2 unspecified atom stereocenters. The Morgan fingerprint density at radius 1 is 0.509 bits per heavy atom. The quantitative estimate of drug-likeness (QED) is 0.0328. The van der Waals surface area contributed by atoms with Crippen LogP contribution in [-0.2, 0) is 14.3 Å². The van der Waals surface area contributed by atoms with E-state index >= 15 is 0 Å². The van der Waals surface area contributed by atoms with E-state index in [4.69, 9.17) is 4.74 Å². The number of aliphatic hydroxyl groups excluding tert-OH is 2. The first-order chi connectivity index (χ1) is 26.0. The zero-order valence-corrected chi connectivity index (χ0v) is 35.2. The maximum absolute atomic E-state index is 12.4. The summed E-state index contributed by atoms with van der Waals surface area (Å²) in [5.74, 6) is -0.0914. The SMILES string of the molecule is CCCC/C=C\CCCCCCCC(=O)OCCCCCCCC/C=C\CCCCCC(=O)NC(CO)C(O)CCCCCCCCCCCCCC. The van der Waals surface area contributed by atoms with Gasteiger partial charge in [-0.05, 0) is 70.6 Å². The van der Waals surface area contributed by atoms with E-state index in [2.05, 4.69) is 43.5 Å². The molecule has 0 bridgehead atoms. The summed E-state index contributed by atoms with van der Waals surface area (Å²) in [6.45, 7) is 4.85. The molecule has 6 heteroatoms. The van der Waals surface area contributed by atoms with Gasteiger partial charge >= 0.3 is 5.97 Å². The predicted octanol–water partition coefficient (Wildman–Crippen LogP) is 13.2. The Morgan fingerprint density at radius 2 is 0.906 bits per heavy atom. The Morgan fingerprint density at radius 3 is 1.42 bits per heavy atom. The fourth-order valence-electron chi connectivity index (χ4n) is 6.85. The summed E-state index contributed by atoms with van der Waals surface area (Å²) in [6.07, 6.45) is 48.5. The summed E-state index contributed by atoms with van der Waals surface area (Å²) < 4.78 is 5.42. The van der Waals surface area contributed by atoms with Crippen molar-refractivity contribution >= 4 is 11.9 Å². The summed E-state index contributed by atoms with van der Waals surface area (Å²) >= 11 is 0. The molecular formula is C47H89NO5. The molecule has 0 aliphatic carbocycles. The summed E-state index contributed by atoms with van der Waals surface area (Å²) in [7, 11) is 0. The van der Waals surface area contributed by atoms with Gasteiger partial charge in [-0.25, -0.2) is 0 Å². The number of esters is 1. The molecule has 2 atom stereocenters. The predicted molar refractivity (Wildman–Crippen MR) is 227 cm³/mol. The zero-order chi connectivity index (χ0) is 38.7. The monoisotopic (exact) mass is 748 g/mol. The van der Waals surface area contributed by atoms with Gasteiger partial charge in [0.05, 0.1) is 25.4 Å². The van der Waals surface area contributed by atoms with Crippen LogP contribution < -0.4 is 5.32 Å². The van der Waals surface area contributed by atoms with Crippen LogP contribution in [0.25, 0.3) is 0 Å². The van der Waals surface area contributed by atoms with Crippen LogP contribution in [0.15, 0.2) is 24.3 Å². The Labute approximate surface area is 329 Å². The van der Waals surface area contributed by atoms with E-state index in [1.807, 2.05) is 0 Å². The molecule has 0 saturated carbocycles. The van der Waals surface area contributed by atoms with Gasteiger partial charge in [0, 0.05) is 12.8 Å². The van der Waals surface area contributed by atoms with Gasteiger partial charge in [-0.2, -0.15) is 0 Å². The molecule has 0 aromatic carbocycles. The van der Waals surface area contributed by atoms with Gasteiger partial charge in [-0.1, -0.05) is 179 Å². The summed E-state index contributed by atoms with van der Waals surface area (Å²) in [6, 6.07) is -0.560. The highest BCUT2D eigenvalue weighted by atomic mass is 16.5. The van der Waals surface area contributed by atoms with Crippen LogP contribution in [0.5, 0.6) is 0 Å². The summed E-state index contributed by atoms with van der Waals surface area (Å²) in [5, 5.41) is 23.1. The Balaban J connectivity index is 3.52. The largest absolute Gasteiger partial charge is 0.466 e. The maximum Gasteiger partial charge on any atom is 0.305 e. The van der Waals surface area contributed by atoms with E-state index in [1.54, 1.807) is 0 Å². The third-order valence-corrected chi connectivity index (χ3v) is 10.5. The van der Waals surface area contributed by atoms with Gasteiger partial charge < -0.3 is 20.3 Å². The fourth-order valence-corrected chi connectivity index (χ4v) is 6.85. The van der Waals surface area contributed by atoms with Crippen molar-refractivity contribution in [3.63, 3.8) is 0 Å². The third-order valence-electron chi connectivity index (χ3n) is 10.5. The number of amides is 1. The molecule has 0 saturated heterocycles. The van der Waals surface area contributed by atoms with Crippen molar-refractivity contribution in [2.75, 3.05) is 13.2 Å². The molecular weight excluding hydrogens is 659 g/mol. The normalized spacial score (nSPS) is 12.9. The number of hydrogen-bond acceptors (Lipinski definition) is 5. The van der Waals surface area contributed by atoms with E-state index in [-0.39, 0.29) is 18.5 Å². The molecule has 0 fully saturated rings. The third kappa shape index (κ3) is 39.8. The van der Waals surface area contributed by atoms with Crippen LogP contribution in [0.3, 0.4) is 0 Å². The van der Waals surface area contributed by atoms with Crippen LogP contribution in [-0.4, -0.2) is 47.4 Å². The molecule has 6 nitrogen and oxygen atoms in total. The number of nitrogens with one attached hydrogen (secondary N) is 1. The van der Waals surface area contributed by atoms with Crippen LogP contribution in [0, 0.1) is 0 Å². The zero-order valence-electron chi connectivity index (χ0n) is 35.2. The van der Waals surface area contributed by atoms with E-state index in [9.17, 15) is 19.8 Å². The Hall–Kier alpha value is -1.66. The second kappa shape index (κ2) is 43.1. The second-order valence-electron chi connectivity index (χ2n) is 15.7. The number of unbranched alkanes of at least 4 members (excludes halogenated alkanes) is 27. The Bertz CT molecular complexity index is 828. The molecule has 0 aliphatic rings. The lowest BCUT2D eigenvalue weighted by atomic mass is 10.0. The first-order valence-corrected chi connectivity index (χ1v) is 23.1. The molecule has 0 heterocycles. The van der Waals surface area contributed by atoms with Crippen molar-refractivity contribution in [3.05, 3.63) is 24.3 Å². The molecule has 0 radical (unpaired) electrons. The molecule has 3 N–H and O–H groups in total. The first kappa shape index (κ1) is 51.3. The van der Waals surface area contributed by atoms with E-state index < -0.39 is 12.1 Å². The topological polar surface area (TPSA) is 95.9 Å². The number of hydrogen-bond donors (Lipinski definition) is 3. The highest BCUT2D eigenvalue weighted by molar-refractivity contribution is 5.76. The first-order valence-electron chi connectivity index (χ1n) is 23.1. The minimum atomic E-state index is -0.679. The number of ether oxygens (including phenoxy) is 1. The van der Waals surface area contributed by atoms with Crippen LogP contribution >= 0.6 is 0 Å². The van der Waals surface area contributed by atoms with Gasteiger partial charge in [0.2, 0.25) is 5.91 Å². The van der Waals surface area contributed by atoms with Gasteiger partial charge in [0.25, 0.3) is 0 Å². The molecule has 0 spiro atoms. The number of carbonyl (C=O) groups excluding carboxylic acids is 2. The molecule has 0 rings (SSSR count). The smallest absolute Gasteiger partial charge is 0.305 e. The van der Waals surface area contributed by atoms with Crippen LogP contribution in [0.1, 0.15) is 239 Å². The highest BCUT2D eigenvalue weighted by Gasteiger charge is 2.20. The lowest BCUT2D eigenvalue weighted by Crippen LogP contribution is -2.45. The lowest BCUT2D eigenvalue weighted by Gasteiger charge is -2.22. The lowest BCUT2D eigenvalue weighted by molar-refractivity contribution is -0.143. The second-order valence-corrected chi connectivity index (χ2v) is 15.7. The number of allylic oxidation sites excluding steroid dienone is 4. The Kier molecular flexibility index (Phi) is 41.7.